The second-order valence-corrected chi connectivity index (χ2v) is 3.86. The van der Waals surface area contributed by atoms with Crippen molar-refractivity contribution in [2.75, 3.05) is 5.75 Å². The predicted octanol–water partition coefficient (Wildman–Crippen LogP) is 1.04. The molecule has 1 aromatic heterocycles. The number of thioether (sulfide) groups is 1. The summed E-state index contributed by atoms with van der Waals surface area (Å²) in [6.07, 6.45) is 1.36. The first-order valence-corrected chi connectivity index (χ1v) is 4.94. The molecule has 4 heteroatoms. The second-order valence-electron chi connectivity index (χ2n) is 2.80. The molecule has 0 atom stereocenters. The Labute approximate surface area is 75.2 Å². The zero-order valence-corrected chi connectivity index (χ0v) is 7.73. The summed E-state index contributed by atoms with van der Waals surface area (Å²) >= 11 is 1.76. The zero-order valence-electron chi connectivity index (χ0n) is 6.91. The van der Waals surface area contributed by atoms with Crippen LogP contribution >= 0.6 is 11.8 Å². The van der Waals surface area contributed by atoms with Crippen LogP contribution < -0.4 is 0 Å². The van der Waals surface area contributed by atoms with Gasteiger partial charge in [-0.05, 0) is 6.92 Å². The van der Waals surface area contributed by atoms with Gasteiger partial charge in [0.2, 0.25) is 0 Å². The topological polar surface area (TPSA) is 34.9 Å². The molecule has 1 aliphatic rings. The van der Waals surface area contributed by atoms with Crippen molar-refractivity contribution in [1.29, 1.82) is 0 Å². The van der Waals surface area contributed by atoms with Crippen LogP contribution in [0.5, 0.6) is 0 Å². The van der Waals surface area contributed by atoms with E-state index >= 15 is 0 Å². The van der Waals surface area contributed by atoms with Crippen LogP contribution in [0.15, 0.2) is 5.16 Å². The normalized spacial score (nSPS) is 14.8. The first-order chi connectivity index (χ1) is 5.83. The highest BCUT2D eigenvalue weighted by Gasteiger charge is 2.17. The van der Waals surface area contributed by atoms with Crippen LogP contribution in [0.3, 0.4) is 0 Å². The molecular formula is C8H10N2OS. The number of rotatable bonds is 2. The monoisotopic (exact) mass is 182 g/mol. The summed E-state index contributed by atoms with van der Waals surface area (Å²) in [6.45, 7) is 3.07. The van der Waals surface area contributed by atoms with Gasteiger partial charge in [0.1, 0.15) is 6.29 Å². The molecule has 0 saturated carbocycles. The van der Waals surface area contributed by atoms with Gasteiger partial charge >= 0.3 is 0 Å². The Morgan fingerprint density at radius 1 is 1.75 bits per heavy atom. The van der Waals surface area contributed by atoms with Crippen molar-refractivity contribution in [3.63, 3.8) is 0 Å². The van der Waals surface area contributed by atoms with Crippen molar-refractivity contribution in [2.24, 2.45) is 0 Å². The summed E-state index contributed by atoms with van der Waals surface area (Å²) in [6, 6.07) is 0. The van der Waals surface area contributed by atoms with E-state index in [1.807, 2.05) is 6.92 Å². The Morgan fingerprint density at radius 3 is 3.25 bits per heavy atom. The standard InChI is InChI=1S/C8H10N2OS/c1-6-7(2-4-11)9-8-10(6)3-5-12-8/h4H,2-3,5H2,1H3. The van der Waals surface area contributed by atoms with Gasteiger partial charge in [-0.1, -0.05) is 11.8 Å². The number of carbonyl (C=O) groups is 1. The van der Waals surface area contributed by atoms with Crippen LogP contribution in [0.2, 0.25) is 0 Å². The quantitative estimate of drug-likeness (QED) is 0.641. The van der Waals surface area contributed by atoms with E-state index in [2.05, 4.69) is 9.55 Å². The Hall–Kier alpha value is -0.770. The minimum absolute atomic E-state index is 0.451. The van der Waals surface area contributed by atoms with Crippen LogP contribution in [0.25, 0.3) is 0 Å². The molecule has 0 saturated heterocycles. The van der Waals surface area contributed by atoms with E-state index in [1.54, 1.807) is 11.8 Å². The number of aromatic nitrogens is 2. The average Bonchev–Trinajstić information content (AvgIpc) is 2.58. The van der Waals surface area contributed by atoms with Gasteiger partial charge in [-0.25, -0.2) is 4.98 Å². The van der Waals surface area contributed by atoms with E-state index in [9.17, 15) is 4.79 Å². The Morgan fingerprint density at radius 2 is 2.58 bits per heavy atom. The average molecular weight is 182 g/mol. The Kier molecular flexibility index (Phi) is 1.92. The molecule has 0 unspecified atom stereocenters. The summed E-state index contributed by atoms with van der Waals surface area (Å²) < 4.78 is 2.18. The van der Waals surface area contributed by atoms with Crippen molar-refractivity contribution in [3.05, 3.63) is 11.4 Å². The van der Waals surface area contributed by atoms with E-state index in [0.717, 1.165) is 35.1 Å². The number of imidazole rings is 1. The van der Waals surface area contributed by atoms with E-state index in [-0.39, 0.29) is 0 Å². The lowest BCUT2D eigenvalue weighted by atomic mass is 10.3. The third-order valence-electron chi connectivity index (χ3n) is 2.11. The molecule has 2 heterocycles. The lowest BCUT2D eigenvalue weighted by Crippen LogP contribution is -1.98. The lowest BCUT2D eigenvalue weighted by Gasteiger charge is -1.97. The number of nitrogens with zero attached hydrogens (tertiary/aromatic N) is 2. The minimum Gasteiger partial charge on any atom is -0.322 e. The maximum absolute atomic E-state index is 10.3. The van der Waals surface area contributed by atoms with Crippen LogP contribution in [0.1, 0.15) is 11.4 Å². The van der Waals surface area contributed by atoms with E-state index in [1.165, 1.54) is 0 Å². The molecule has 0 aliphatic carbocycles. The Balaban J connectivity index is 2.40. The molecule has 0 bridgehead atoms. The molecule has 64 valence electrons. The SMILES string of the molecule is Cc1c(CC=O)nc2n1CCS2. The van der Waals surface area contributed by atoms with Gasteiger partial charge in [0, 0.05) is 24.4 Å². The van der Waals surface area contributed by atoms with Crippen LogP contribution in [-0.2, 0) is 17.8 Å². The second kappa shape index (κ2) is 2.94. The number of carbonyl (C=O) groups excluding carboxylic acids is 1. The van der Waals surface area contributed by atoms with Gasteiger partial charge in [0.15, 0.2) is 5.16 Å². The van der Waals surface area contributed by atoms with Crippen LogP contribution in [-0.4, -0.2) is 21.6 Å². The molecule has 0 aromatic carbocycles. The third-order valence-corrected chi connectivity index (χ3v) is 3.06. The maximum Gasteiger partial charge on any atom is 0.168 e. The van der Waals surface area contributed by atoms with Gasteiger partial charge in [-0.15, -0.1) is 0 Å². The zero-order chi connectivity index (χ0) is 8.55. The van der Waals surface area contributed by atoms with E-state index < -0.39 is 0 Å². The van der Waals surface area contributed by atoms with E-state index in [0.29, 0.717) is 6.42 Å². The first-order valence-electron chi connectivity index (χ1n) is 3.95. The molecule has 1 aliphatic heterocycles. The fourth-order valence-electron chi connectivity index (χ4n) is 1.43. The number of aldehydes is 1. The molecule has 12 heavy (non-hydrogen) atoms. The number of hydrogen-bond acceptors (Lipinski definition) is 3. The fourth-order valence-corrected chi connectivity index (χ4v) is 2.45. The molecule has 0 amide bonds. The molecular weight excluding hydrogens is 172 g/mol. The number of fused-ring (bicyclic) bond motifs is 1. The third kappa shape index (κ3) is 1.06. The predicted molar refractivity (Wildman–Crippen MR) is 47.5 cm³/mol. The van der Waals surface area contributed by atoms with Gasteiger partial charge < -0.3 is 9.36 Å². The van der Waals surface area contributed by atoms with Crippen molar-refractivity contribution >= 4 is 18.0 Å². The van der Waals surface area contributed by atoms with Crippen molar-refractivity contribution in [1.82, 2.24) is 9.55 Å². The highest BCUT2D eigenvalue weighted by atomic mass is 32.2. The highest BCUT2D eigenvalue weighted by molar-refractivity contribution is 7.99. The summed E-state index contributed by atoms with van der Waals surface area (Å²) in [4.78, 5) is 14.7. The molecule has 0 N–H and O–H groups in total. The highest BCUT2D eigenvalue weighted by Crippen LogP contribution is 2.27. The minimum atomic E-state index is 0.451. The molecule has 1 aromatic rings. The van der Waals surface area contributed by atoms with Crippen molar-refractivity contribution in [2.45, 2.75) is 25.0 Å². The molecule has 0 radical (unpaired) electrons. The lowest BCUT2D eigenvalue weighted by molar-refractivity contribution is -0.107. The van der Waals surface area contributed by atoms with Gasteiger partial charge in [0.25, 0.3) is 0 Å². The summed E-state index contributed by atoms with van der Waals surface area (Å²) in [7, 11) is 0. The largest absolute Gasteiger partial charge is 0.322 e. The van der Waals surface area contributed by atoms with Gasteiger partial charge in [0.05, 0.1) is 5.69 Å². The Bertz CT molecular complexity index is 319. The van der Waals surface area contributed by atoms with Gasteiger partial charge in [-0.2, -0.15) is 0 Å². The fraction of sp³-hybridized carbons (Fsp3) is 0.500. The first kappa shape index (κ1) is 7.86. The summed E-state index contributed by atoms with van der Waals surface area (Å²) in [5, 5.41) is 1.07. The number of hydrogen-bond donors (Lipinski definition) is 0. The maximum atomic E-state index is 10.3. The molecule has 0 fully saturated rings. The van der Waals surface area contributed by atoms with Crippen molar-refractivity contribution < 1.29 is 4.79 Å². The summed E-state index contributed by atoms with van der Waals surface area (Å²) in [5.74, 6) is 1.12. The van der Waals surface area contributed by atoms with Crippen LogP contribution in [0.4, 0.5) is 0 Å². The molecule has 0 spiro atoms. The van der Waals surface area contributed by atoms with Crippen molar-refractivity contribution in [3.8, 4) is 0 Å². The van der Waals surface area contributed by atoms with E-state index in [4.69, 9.17) is 0 Å². The smallest absolute Gasteiger partial charge is 0.168 e. The molecule has 2 rings (SSSR count). The summed E-state index contributed by atoms with van der Waals surface area (Å²) in [5.41, 5.74) is 2.09. The van der Waals surface area contributed by atoms with Crippen LogP contribution in [0, 0.1) is 6.92 Å². The molecule has 3 nitrogen and oxygen atoms in total. The van der Waals surface area contributed by atoms with Gasteiger partial charge in [-0.3, -0.25) is 0 Å².